The van der Waals surface area contributed by atoms with Crippen molar-refractivity contribution in [2.75, 3.05) is 6.61 Å². The van der Waals surface area contributed by atoms with Gasteiger partial charge in [-0.15, -0.1) is 13.2 Å². The van der Waals surface area contributed by atoms with E-state index in [1.54, 1.807) is 0 Å². The second kappa shape index (κ2) is 5.59. The molecule has 110 valence electrons. The fourth-order valence-electron chi connectivity index (χ4n) is 1.16. The standard InChI is InChI=1S/C9H7F3N2O6/c1-2-19-8(16)4-3-5(15)7(20-9(10,11)12)13-6(4)14(17)18/h3,15H,2H2,1H3. The van der Waals surface area contributed by atoms with E-state index in [0.717, 1.165) is 0 Å². The largest absolute Gasteiger partial charge is 0.575 e. The summed E-state index contributed by atoms with van der Waals surface area (Å²) in [6.07, 6.45) is -5.20. The van der Waals surface area contributed by atoms with E-state index < -0.39 is 40.3 Å². The van der Waals surface area contributed by atoms with Crippen LogP contribution < -0.4 is 4.74 Å². The van der Waals surface area contributed by atoms with Gasteiger partial charge in [-0.25, -0.2) is 4.79 Å². The number of nitro groups is 1. The zero-order chi connectivity index (χ0) is 15.5. The Bertz CT molecular complexity index is 545. The number of aromatic nitrogens is 1. The molecule has 11 heteroatoms. The number of carbonyl (C=O) groups excluding carboxylic acids is 1. The van der Waals surface area contributed by atoms with Gasteiger partial charge in [0.05, 0.1) is 6.61 Å². The van der Waals surface area contributed by atoms with Crippen LogP contribution in [0.4, 0.5) is 19.0 Å². The van der Waals surface area contributed by atoms with Crippen LogP contribution in [0.2, 0.25) is 0 Å². The molecule has 0 aliphatic rings. The highest BCUT2D eigenvalue weighted by atomic mass is 19.4. The average Bonchev–Trinajstić information content (AvgIpc) is 2.29. The van der Waals surface area contributed by atoms with Crippen molar-refractivity contribution in [2.45, 2.75) is 13.3 Å². The number of hydrogen-bond donors (Lipinski definition) is 1. The van der Waals surface area contributed by atoms with Crippen molar-refractivity contribution in [2.24, 2.45) is 0 Å². The molecule has 0 atom stereocenters. The maximum absolute atomic E-state index is 12.0. The first-order chi connectivity index (χ1) is 9.15. The molecule has 0 spiro atoms. The van der Waals surface area contributed by atoms with Crippen LogP contribution in [-0.2, 0) is 4.74 Å². The maximum Gasteiger partial charge on any atom is 0.575 e. The Balaban J connectivity index is 3.32. The summed E-state index contributed by atoms with van der Waals surface area (Å²) in [6.45, 7) is 1.29. The molecule has 1 rings (SSSR count). The van der Waals surface area contributed by atoms with Gasteiger partial charge < -0.3 is 24.7 Å². The molecule has 0 bridgehead atoms. The van der Waals surface area contributed by atoms with E-state index in [-0.39, 0.29) is 6.61 Å². The van der Waals surface area contributed by atoms with Gasteiger partial charge in [0.1, 0.15) is 0 Å². The van der Waals surface area contributed by atoms with Crippen molar-refractivity contribution in [1.29, 1.82) is 0 Å². The molecule has 1 aromatic rings. The van der Waals surface area contributed by atoms with Gasteiger partial charge in [0.2, 0.25) is 5.75 Å². The van der Waals surface area contributed by atoms with E-state index in [1.165, 1.54) is 6.92 Å². The van der Waals surface area contributed by atoms with Gasteiger partial charge >= 0.3 is 24.0 Å². The van der Waals surface area contributed by atoms with Crippen molar-refractivity contribution < 1.29 is 37.5 Å². The van der Waals surface area contributed by atoms with Crippen LogP contribution in [0.5, 0.6) is 11.6 Å². The first-order valence-electron chi connectivity index (χ1n) is 4.97. The molecule has 0 saturated carbocycles. The number of ether oxygens (including phenoxy) is 2. The van der Waals surface area contributed by atoms with Crippen LogP contribution in [-0.4, -0.2) is 34.0 Å². The van der Waals surface area contributed by atoms with Crippen molar-refractivity contribution in [1.82, 2.24) is 4.98 Å². The Kier molecular flexibility index (Phi) is 4.32. The summed E-state index contributed by atoms with van der Waals surface area (Å²) in [7, 11) is 0. The van der Waals surface area contributed by atoms with Gasteiger partial charge in [0, 0.05) is 11.1 Å². The second-order valence-corrected chi connectivity index (χ2v) is 3.21. The minimum Gasteiger partial charge on any atom is -0.501 e. The molecule has 0 amide bonds. The van der Waals surface area contributed by atoms with Crippen LogP contribution in [0.15, 0.2) is 6.07 Å². The Morgan fingerprint density at radius 3 is 2.60 bits per heavy atom. The number of pyridine rings is 1. The van der Waals surface area contributed by atoms with Crippen molar-refractivity contribution in [3.05, 3.63) is 21.7 Å². The third kappa shape index (κ3) is 3.70. The van der Waals surface area contributed by atoms with E-state index in [9.17, 15) is 33.2 Å². The van der Waals surface area contributed by atoms with E-state index in [4.69, 9.17) is 0 Å². The van der Waals surface area contributed by atoms with Crippen molar-refractivity contribution in [3.8, 4) is 11.6 Å². The Hall–Kier alpha value is -2.59. The molecule has 1 heterocycles. The normalized spacial score (nSPS) is 11.0. The Morgan fingerprint density at radius 1 is 1.55 bits per heavy atom. The average molecular weight is 296 g/mol. The minimum atomic E-state index is -5.20. The monoisotopic (exact) mass is 296 g/mol. The number of esters is 1. The van der Waals surface area contributed by atoms with Gasteiger partial charge in [0.15, 0.2) is 5.56 Å². The Labute approximate surface area is 108 Å². The van der Waals surface area contributed by atoms with Crippen LogP contribution >= 0.6 is 0 Å². The SMILES string of the molecule is CCOC(=O)c1cc(O)c(OC(F)(F)F)nc1[N+](=O)[O-]. The van der Waals surface area contributed by atoms with Crippen LogP contribution in [0, 0.1) is 10.1 Å². The molecule has 1 aromatic heterocycles. The molecular formula is C9H7F3N2O6. The molecular weight excluding hydrogens is 289 g/mol. The molecule has 0 saturated heterocycles. The number of aromatic hydroxyl groups is 1. The third-order valence-electron chi connectivity index (χ3n) is 1.83. The highest BCUT2D eigenvalue weighted by Crippen LogP contribution is 2.33. The number of carbonyl (C=O) groups is 1. The topological polar surface area (TPSA) is 112 Å². The number of alkyl halides is 3. The van der Waals surface area contributed by atoms with Crippen LogP contribution in [0.1, 0.15) is 17.3 Å². The van der Waals surface area contributed by atoms with E-state index in [0.29, 0.717) is 6.07 Å². The van der Waals surface area contributed by atoms with Gasteiger partial charge in [0.25, 0.3) is 0 Å². The quantitative estimate of drug-likeness (QED) is 0.512. The lowest BCUT2D eigenvalue weighted by Gasteiger charge is -2.08. The Morgan fingerprint density at radius 2 is 2.15 bits per heavy atom. The summed E-state index contributed by atoms with van der Waals surface area (Å²) in [5.74, 6) is -5.05. The third-order valence-corrected chi connectivity index (χ3v) is 1.83. The molecule has 0 aliphatic heterocycles. The predicted molar refractivity (Wildman–Crippen MR) is 55.2 cm³/mol. The summed E-state index contributed by atoms with van der Waals surface area (Å²) in [4.78, 5) is 23.7. The maximum atomic E-state index is 12.0. The molecule has 0 fully saturated rings. The smallest absolute Gasteiger partial charge is 0.501 e. The first-order valence-corrected chi connectivity index (χ1v) is 4.97. The first kappa shape index (κ1) is 15.5. The lowest BCUT2D eigenvalue weighted by molar-refractivity contribution is -0.390. The van der Waals surface area contributed by atoms with Crippen LogP contribution in [0.25, 0.3) is 0 Å². The highest BCUT2D eigenvalue weighted by molar-refractivity contribution is 5.93. The molecule has 8 nitrogen and oxygen atoms in total. The fourth-order valence-corrected chi connectivity index (χ4v) is 1.16. The van der Waals surface area contributed by atoms with Gasteiger partial charge in [-0.1, -0.05) is 0 Å². The number of rotatable bonds is 4. The predicted octanol–water partition coefficient (Wildman–Crippen LogP) is 1.77. The summed E-state index contributed by atoms with van der Waals surface area (Å²) in [5, 5.41) is 19.9. The number of nitrogens with zero attached hydrogens (tertiary/aromatic N) is 2. The molecule has 0 unspecified atom stereocenters. The zero-order valence-electron chi connectivity index (χ0n) is 9.80. The minimum absolute atomic E-state index is 0.127. The second-order valence-electron chi connectivity index (χ2n) is 3.21. The molecule has 0 aromatic carbocycles. The van der Waals surface area contributed by atoms with Crippen molar-refractivity contribution >= 4 is 11.8 Å². The molecule has 20 heavy (non-hydrogen) atoms. The number of hydrogen-bond acceptors (Lipinski definition) is 7. The lowest BCUT2D eigenvalue weighted by Crippen LogP contribution is -2.19. The van der Waals surface area contributed by atoms with Crippen molar-refractivity contribution in [3.63, 3.8) is 0 Å². The van der Waals surface area contributed by atoms with Gasteiger partial charge in [-0.2, -0.15) is 0 Å². The lowest BCUT2D eigenvalue weighted by atomic mass is 10.2. The van der Waals surface area contributed by atoms with E-state index in [1.807, 2.05) is 0 Å². The zero-order valence-corrected chi connectivity index (χ0v) is 9.80. The van der Waals surface area contributed by atoms with Crippen LogP contribution in [0.3, 0.4) is 0 Å². The summed E-state index contributed by atoms with van der Waals surface area (Å²) in [6, 6.07) is 0.421. The molecule has 0 aliphatic carbocycles. The summed E-state index contributed by atoms with van der Waals surface area (Å²) >= 11 is 0. The van der Waals surface area contributed by atoms with Gasteiger partial charge in [-0.3, -0.25) is 0 Å². The summed E-state index contributed by atoms with van der Waals surface area (Å²) < 4.78 is 43.8. The van der Waals surface area contributed by atoms with E-state index in [2.05, 4.69) is 14.5 Å². The molecule has 1 N–H and O–H groups in total. The van der Waals surface area contributed by atoms with E-state index >= 15 is 0 Å². The van der Waals surface area contributed by atoms with Gasteiger partial charge in [-0.05, 0) is 11.8 Å². The summed E-state index contributed by atoms with van der Waals surface area (Å²) in [5.41, 5.74) is -0.788. The fraction of sp³-hybridized carbons (Fsp3) is 0.333. The highest BCUT2D eigenvalue weighted by Gasteiger charge is 2.37. The molecule has 0 radical (unpaired) electrons. The number of halogens is 3.